The van der Waals surface area contributed by atoms with Gasteiger partial charge in [0.25, 0.3) is 11.2 Å². The third kappa shape index (κ3) is 3.34. The molecule has 0 fully saturated rings. The molecule has 166 valence electrons. The summed E-state index contributed by atoms with van der Waals surface area (Å²) in [5.41, 5.74) is 3.79. The summed E-state index contributed by atoms with van der Waals surface area (Å²) in [5, 5.41) is 13.9. The molecule has 1 aliphatic heterocycles. The van der Waals surface area contributed by atoms with Gasteiger partial charge >= 0.3 is 0 Å². The van der Waals surface area contributed by atoms with Crippen molar-refractivity contribution in [3.8, 4) is 11.1 Å². The van der Waals surface area contributed by atoms with E-state index in [2.05, 4.69) is 15.6 Å². The average Bonchev–Trinajstić information content (AvgIpc) is 3.32. The van der Waals surface area contributed by atoms with Gasteiger partial charge in [0, 0.05) is 17.0 Å². The van der Waals surface area contributed by atoms with Crippen LogP contribution in [0.15, 0.2) is 93.9 Å². The molecule has 0 amide bonds. The van der Waals surface area contributed by atoms with Crippen LogP contribution in [-0.2, 0) is 6.54 Å². The number of thiophene rings is 1. The quantitative estimate of drug-likeness (QED) is 0.222. The maximum Gasteiger partial charge on any atom is 0.282 e. The van der Waals surface area contributed by atoms with E-state index in [1.54, 1.807) is 18.2 Å². The van der Waals surface area contributed by atoms with Gasteiger partial charge in [-0.05, 0) is 22.8 Å². The molecule has 0 N–H and O–H groups in total. The van der Waals surface area contributed by atoms with Crippen LogP contribution in [0.5, 0.6) is 0 Å². The number of nitro groups is 1. The Morgan fingerprint density at radius 3 is 2.56 bits per heavy atom. The standard InChI is InChI=1S/C26H17N3O3S2/c30-25-22-19(16-8-2-1-3-9-16)15-33-26(22)28-14-17-10-4-5-11-18(17)23(24(28)27-25)34-21-13-7-6-12-20(21)29(31)32/h1-13,15,23H,14H2/t23-/m0/s1. The van der Waals surface area contributed by atoms with Crippen LogP contribution in [0.25, 0.3) is 21.3 Å². The molecule has 3 aromatic carbocycles. The lowest BCUT2D eigenvalue weighted by Gasteiger charge is -2.29. The van der Waals surface area contributed by atoms with Gasteiger partial charge in [-0.25, -0.2) is 0 Å². The summed E-state index contributed by atoms with van der Waals surface area (Å²) in [6.07, 6.45) is 0. The number of fused-ring (bicyclic) bond motifs is 4. The molecule has 1 atom stereocenters. The highest BCUT2D eigenvalue weighted by molar-refractivity contribution is 7.99. The van der Waals surface area contributed by atoms with Gasteiger partial charge in [-0.3, -0.25) is 14.9 Å². The number of aromatic nitrogens is 2. The minimum atomic E-state index is -0.369. The van der Waals surface area contributed by atoms with E-state index in [0.29, 0.717) is 22.7 Å². The maximum absolute atomic E-state index is 13.4. The van der Waals surface area contributed by atoms with Gasteiger partial charge in [-0.2, -0.15) is 4.98 Å². The van der Waals surface area contributed by atoms with Crippen LogP contribution in [0.4, 0.5) is 5.69 Å². The van der Waals surface area contributed by atoms with Crippen molar-refractivity contribution >= 4 is 39.0 Å². The predicted octanol–water partition coefficient (Wildman–Crippen LogP) is 6.28. The number of hydrogen-bond donors (Lipinski definition) is 0. The third-order valence-electron chi connectivity index (χ3n) is 6.02. The molecule has 0 aliphatic carbocycles. The van der Waals surface area contributed by atoms with Crippen LogP contribution < -0.4 is 5.56 Å². The first-order chi connectivity index (χ1) is 16.6. The zero-order valence-electron chi connectivity index (χ0n) is 17.8. The minimum absolute atomic E-state index is 0.0491. The van der Waals surface area contributed by atoms with Crippen molar-refractivity contribution in [3.05, 3.63) is 122 Å². The summed E-state index contributed by atoms with van der Waals surface area (Å²) in [7, 11) is 0. The second-order valence-electron chi connectivity index (χ2n) is 7.98. The second-order valence-corrected chi connectivity index (χ2v) is 9.98. The van der Waals surface area contributed by atoms with Crippen molar-refractivity contribution in [1.29, 1.82) is 0 Å². The highest BCUT2D eigenvalue weighted by Crippen LogP contribution is 2.47. The van der Waals surface area contributed by atoms with E-state index in [-0.39, 0.29) is 21.4 Å². The molecule has 6 rings (SSSR count). The number of nitrogens with zero attached hydrogens (tertiary/aromatic N) is 3. The number of benzene rings is 3. The fraction of sp³-hybridized carbons (Fsp3) is 0.0769. The van der Waals surface area contributed by atoms with Crippen molar-refractivity contribution < 1.29 is 4.92 Å². The minimum Gasteiger partial charge on any atom is -0.315 e. The Morgan fingerprint density at radius 1 is 1.00 bits per heavy atom. The van der Waals surface area contributed by atoms with Crippen LogP contribution in [0.2, 0.25) is 0 Å². The van der Waals surface area contributed by atoms with Crippen LogP contribution in [-0.4, -0.2) is 14.5 Å². The molecule has 2 aromatic heterocycles. The van der Waals surface area contributed by atoms with E-state index in [4.69, 9.17) is 0 Å². The number of nitro benzene ring substituents is 1. The lowest BCUT2D eigenvalue weighted by atomic mass is 9.99. The Labute approximate surface area is 202 Å². The zero-order chi connectivity index (χ0) is 23.2. The van der Waals surface area contributed by atoms with E-state index >= 15 is 0 Å². The highest BCUT2D eigenvalue weighted by atomic mass is 32.2. The van der Waals surface area contributed by atoms with Gasteiger partial charge in [-0.1, -0.05) is 66.7 Å². The Balaban J connectivity index is 1.57. The van der Waals surface area contributed by atoms with Crippen molar-refractivity contribution in [2.24, 2.45) is 0 Å². The van der Waals surface area contributed by atoms with Gasteiger partial charge < -0.3 is 4.57 Å². The fourth-order valence-electron chi connectivity index (χ4n) is 4.45. The number of thioether (sulfide) groups is 1. The fourth-order valence-corrected chi connectivity index (χ4v) is 6.86. The van der Waals surface area contributed by atoms with Crippen molar-refractivity contribution in [1.82, 2.24) is 9.55 Å². The monoisotopic (exact) mass is 483 g/mol. The van der Waals surface area contributed by atoms with Crippen LogP contribution >= 0.6 is 23.1 Å². The lowest BCUT2D eigenvalue weighted by Crippen LogP contribution is -2.25. The molecule has 0 saturated carbocycles. The molecule has 0 radical (unpaired) electrons. The first kappa shape index (κ1) is 20.8. The second kappa shape index (κ2) is 8.23. The average molecular weight is 484 g/mol. The van der Waals surface area contributed by atoms with Crippen molar-refractivity contribution in [2.45, 2.75) is 16.7 Å². The number of hydrogen-bond acceptors (Lipinski definition) is 6. The first-order valence-corrected chi connectivity index (χ1v) is 12.4. The van der Waals surface area contributed by atoms with Gasteiger partial charge in [0.05, 0.1) is 27.0 Å². The van der Waals surface area contributed by atoms with Crippen LogP contribution in [0.1, 0.15) is 22.2 Å². The normalized spacial score (nSPS) is 14.5. The van der Waals surface area contributed by atoms with Gasteiger partial charge in [0.2, 0.25) is 0 Å². The Bertz CT molecular complexity index is 1630. The number of rotatable bonds is 4. The molecule has 0 bridgehead atoms. The maximum atomic E-state index is 13.4. The van der Waals surface area contributed by atoms with E-state index in [1.165, 1.54) is 29.2 Å². The molecule has 0 unspecified atom stereocenters. The van der Waals surface area contributed by atoms with Gasteiger partial charge in [0.15, 0.2) is 0 Å². The van der Waals surface area contributed by atoms with E-state index in [1.807, 2.05) is 53.9 Å². The molecule has 6 nitrogen and oxygen atoms in total. The van der Waals surface area contributed by atoms with Crippen LogP contribution in [0.3, 0.4) is 0 Å². The van der Waals surface area contributed by atoms with Crippen LogP contribution in [0, 0.1) is 10.1 Å². The van der Waals surface area contributed by atoms with Crippen molar-refractivity contribution in [3.63, 3.8) is 0 Å². The molecule has 5 aromatic rings. The zero-order valence-corrected chi connectivity index (χ0v) is 19.4. The largest absolute Gasteiger partial charge is 0.315 e. The Hall–Kier alpha value is -3.75. The number of para-hydroxylation sites is 1. The summed E-state index contributed by atoms with van der Waals surface area (Å²) in [5.74, 6) is 0.626. The van der Waals surface area contributed by atoms with E-state index in [9.17, 15) is 14.9 Å². The topological polar surface area (TPSA) is 78.0 Å². The lowest BCUT2D eigenvalue weighted by molar-refractivity contribution is -0.387. The smallest absolute Gasteiger partial charge is 0.282 e. The highest BCUT2D eigenvalue weighted by Gasteiger charge is 2.32. The first-order valence-electron chi connectivity index (χ1n) is 10.7. The predicted molar refractivity (Wildman–Crippen MR) is 136 cm³/mol. The molecular formula is C26H17N3O3S2. The molecular weight excluding hydrogens is 466 g/mol. The SMILES string of the molecule is O=c1nc2n(c3scc(-c4ccccc4)c13)Cc1ccccc1[C@@H]2Sc1ccccc1[N+](=O)[O-]. The molecule has 1 aliphatic rings. The van der Waals surface area contributed by atoms with Gasteiger partial charge in [0.1, 0.15) is 10.7 Å². The summed E-state index contributed by atoms with van der Waals surface area (Å²) in [6, 6.07) is 24.6. The van der Waals surface area contributed by atoms with Gasteiger partial charge in [-0.15, -0.1) is 23.1 Å². The summed E-state index contributed by atoms with van der Waals surface area (Å²) in [4.78, 5) is 30.6. The summed E-state index contributed by atoms with van der Waals surface area (Å²) < 4.78 is 2.10. The van der Waals surface area contributed by atoms with Crippen molar-refractivity contribution in [2.75, 3.05) is 0 Å². The molecule has 0 spiro atoms. The third-order valence-corrected chi connectivity index (χ3v) is 8.32. The Morgan fingerprint density at radius 2 is 1.74 bits per heavy atom. The Kier molecular flexibility index (Phi) is 5.04. The molecule has 3 heterocycles. The molecule has 34 heavy (non-hydrogen) atoms. The van der Waals surface area contributed by atoms with E-state index < -0.39 is 0 Å². The molecule has 8 heteroatoms. The summed E-state index contributed by atoms with van der Waals surface area (Å²) >= 11 is 2.90. The van der Waals surface area contributed by atoms with E-state index in [0.717, 1.165) is 27.1 Å². The molecule has 0 saturated heterocycles. The summed E-state index contributed by atoms with van der Waals surface area (Å²) in [6.45, 7) is 0.595.